The van der Waals surface area contributed by atoms with Gasteiger partial charge in [-0.05, 0) is 72.7 Å². The van der Waals surface area contributed by atoms with Gasteiger partial charge in [-0.1, -0.05) is 18.2 Å². The Morgan fingerprint density at radius 1 is 1.31 bits per heavy atom. The van der Waals surface area contributed by atoms with Crippen molar-refractivity contribution in [3.63, 3.8) is 0 Å². The molecule has 186 valence electrons. The van der Waals surface area contributed by atoms with Crippen LogP contribution in [-0.2, 0) is 31.2 Å². The predicted octanol–water partition coefficient (Wildman–Crippen LogP) is 4.60. The Morgan fingerprint density at radius 2 is 2.17 bits per heavy atom. The van der Waals surface area contributed by atoms with E-state index in [1.54, 1.807) is 17.6 Å². The number of nitrogens with one attached hydrogen (secondary N) is 2. The Balaban J connectivity index is 1.40. The lowest BCUT2D eigenvalue weighted by molar-refractivity contribution is -0.124. The molecule has 4 aromatic rings. The van der Waals surface area contributed by atoms with Crippen LogP contribution in [0.1, 0.15) is 46.0 Å². The van der Waals surface area contributed by atoms with Crippen molar-refractivity contribution >= 4 is 22.9 Å². The maximum absolute atomic E-state index is 13.7. The number of hydrogen-bond acceptors (Lipinski definition) is 4. The Labute approximate surface area is 209 Å². The summed E-state index contributed by atoms with van der Waals surface area (Å²) >= 11 is 0. The van der Waals surface area contributed by atoms with Crippen LogP contribution in [0.25, 0.3) is 17.0 Å². The van der Waals surface area contributed by atoms with E-state index in [1.807, 2.05) is 37.0 Å². The van der Waals surface area contributed by atoms with Crippen molar-refractivity contribution in [2.75, 3.05) is 6.54 Å². The SMILES string of the molecule is Cc1nn(C)cc1CN(CCc1c[nH]c2cc(F)ccc12)C1CCc2cc(/C=C/C(=O)NO)ccc21. The van der Waals surface area contributed by atoms with Crippen LogP contribution in [0.2, 0.25) is 0 Å². The highest BCUT2D eigenvalue weighted by atomic mass is 19.1. The van der Waals surface area contributed by atoms with E-state index in [1.165, 1.54) is 34.4 Å². The van der Waals surface area contributed by atoms with E-state index in [0.29, 0.717) is 0 Å². The van der Waals surface area contributed by atoms with Gasteiger partial charge in [-0.25, -0.2) is 9.87 Å². The van der Waals surface area contributed by atoms with Crippen molar-refractivity contribution in [1.82, 2.24) is 25.1 Å². The molecule has 0 aliphatic heterocycles. The van der Waals surface area contributed by atoms with Gasteiger partial charge in [0.05, 0.1) is 5.69 Å². The Hall–Kier alpha value is -3.75. The maximum atomic E-state index is 13.7. The topological polar surface area (TPSA) is 86.2 Å². The number of aryl methyl sites for hydroxylation is 3. The number of hydrogen-bond donors (Lipinski definition) is 3. The summed E-state index contributed by atoms with van der Waals surface area (Å²) in [5, 5.41) is 14.3. The highest BCUT2D eigenvalue weighted by molar-refractivity contribution is 5.90. The fourth-order valence-electron chi connectivity index (χ4n) is 5.30. The van der Waals surface area contributed by atoms with Crippen LogP contribution in [0.3, 0.4) is 0 Å². The molecule has 2 aromatic heterocycles. The van der Waals surface area contributed by atoms with Gasteiger partial charge >= 0.3 is 0 Å². The highest BCUT2D eigenvalue weighted by Gasteiger charge is 2.29. The van der Waals surface area contributed by atoms with Crippen LogP contribution in [0.4, 0.5) is 4.39 Å². The molecule has 1 aliphatic carbocycles. The third-order valence-electron chi connectivity index (χ3n) is 7.08. The number of fused-ring (bicyclic) bond motifs is 2. The second-order valence-corrected chi connectivity index (χ2v) is 9.46. The molecule has 8 heteroatoms. The Morgan fingerprint density at radius 3 is 2.94 bits per heavy atom. The first-order chi connectivity index (χ1) is 17.4. The minimum atomic E-state index is -0.550. The molecular weight excluding hydrogens is 457 g/mol. The summed E-state index contributed by atoms with van der Waals surface area (Å²) in [7, 11) is 1.95. The lowest BCUT2D eigenvalue weighted by Crippen LogP contribution is -2.29. The van der Waals surface area contributed by atoms with E-state index in [9.17, 15) is 9.18 Å². The molecule has 5 rings (SSSR count). The summed E-state index contributed by atoms with van der Waals surface area (Å²) in [6, 6.07) is 11.5. The zero-order chi connectivity index (χ0) is 25.2. The number of aromatic amines is 1. The molecule has 0 saturated heterocycles. The van der Waals surface area contributed by atoms with Crippen molar-refractivity contribution in [2.45, 2.75) is 38.8 Å². The van der Waals surface area contributed by atoms with Crippen molar-refractivity contribution in [3.05, 3.63) is 94.2 Å². The van der Waals surface area contributed by atoms with Gasteiger partial charge in [0.25, 0.3) is 5.91 Å². The number of halogens is 1. The van der Waals surface area contributed by atoms with Crippen LogP contribution in [0.5, 0.6) is 0 Å². The van der Waals surface area contributed by atoms with Gasteiger partial charge in [-0.2, -0.15) is 5.10 Å². The van der Waals surface area contributed by atoms with Gasteiger partial charge in [0.2, 0.25) is 0 Å². The van der Waals surface area contributed by atoms with Crippen LogP contribution in [0, 0.1) is 12.7 Å². The lowest BCUT2D eigenvalue weighted by atomic mass is 10.0. The standard InChI is InChI=1S/C28H30FN5O2/c1-18-22(16-33(2)31-18)17-34(12-11-21-15-30-26-14-23(29)6-8-24(21)26)27-9-5-20-13-19(3-7-25(20)27)4-10-28(35)32-36/h3-4,6-8,10,13-16,27,30,36H,5,9,11-12,17H2,1-2H3,(H,32,35)/b10-4+. The summed E-state index contributed by atoms with van der Waals surface area (Å²) < 4.78 is 15.5. The van der Waals surface area contributed by atoms with Gasteiger partial charge in [0.1, 0.15) is 5.82 Å². The monoisotopic (exact) mass is 487 g/mol. The molecular formula is C28H30FN5O2. The molecule has 1 unspecified atom stereocenters. The van der Waals surface area contributed by atoms with Crippen LogP contribution in [0.15, 0.2) is 54.9 Å². The number of nitrogens with zero attached hydrogens (tertiary/aromatic N) is 3. The molecule has 2 aromatic carbocycles. The molecule has 36 heavy (non-hydrogen) atoms. The van der Waals surface area contributed by atoms with Gasteiger partial charge in [0, 0.05) is 61.1 Å². The first kappa shape index (κ1) is 24.0. The average Bonchev–Trinajstić information content (AvgIpc) is 3.56. The normalized spacial score (nSPS) is 15.3. The second-order valence-electron chi connectivity index (χ2n) is 9.46. The molecule has 0 bridgehead atoms. The average molecular weight is 488 g/mol. The van der Waals surface area contributed by atoms with Crippen molar-refractivity contribution in [2.24, 2.45) is 7.05 Å². The lowest BCUT2D eigenvalue weighted by Gasteiger charge is -2.29. The summed E-state index contributed by atoms with van der Waals surface area (Å²) in [4.78, 5) is 17.1. The zero-order valence-corrected chi connectivity index (χ0v) is 20.5. The number of hydroxylamine groups is 1. The van der Waals surface area contributed by atoms with Crippen molar-refractivity contribution < 1.29 is 14.4 Å². The van der Waals surface area contributed by atoms with Gasteiger partial charge < -0.3 is 4.98 Å². The molecule has 7 nitrogen and oxygen atoms in total. The molecule has 1 amide bonds. The van der Waals surface area contributed by atoms with Crippen molar-refractivity contribution in [3.8, 4) is 0 Å². The molecule has 1 atom stereocenters. The fourth-order valence-corrected chi connectivity index (χ4v) is 5.30. The minimum absolute atomic E-state index is 0.238. The molecule has 0 radical (unpaired) electrons. The van der Waals surface area contributed by atoms with Gasteiger partial charge in [-0.15, -0.1) is 0 Å². The van der Waals surface area contributed by atoms with E-state index in [0.717, 1.165) is 54.5 Å². The summed E-state index contributed by atoms with van der Waals surface area (Å²) in [6.45, 7) is 3.69. The smallest absolute Gasteiger partial charge is 0.267 e. The van der Waals surface area contributed by atoms with Gasteiger partial charge in [0.15, 0.2) is 0 Å². The minimum Gasteiger partial charge on any atom is -0.361 e. The van der Waals surface area contributed by atoms with Crippen molar-refractivity contribution in [1.29, 1.82) is 0 Å². The molecule has 0 fully saturated rings. The summed E-state index contributed by atoms with van der Waals surface area (Å²) in [6.07, 6.45) is 9.91. The number of carbonyl (C=O) groups is 1. The van der Waals surface area contributed by atoms with Crippen LogP contribution >= 0.6 is 0 Å². The number of carbonyl (C=O) groups excluding carboxylic acids is 1. The molecule has 0 spiro atoms. The number of rotatable bonds is 8. The second kappa shape index (κ2) is 10.1. The third-order valence-corrected chi connectivity index (χ3v) is 7.08. The Bertz CT molecular complexity index is 1440. The Kier molecular flexibility index (Phi) is 6.71. The van der Waals surface area contributed by atoms with Crippen LogP contribution < -0.4 is 5.48 Å². The zero-order valence-electron chi connectivity index (χ0n) is 20.5. The van der Waals surface area contributed by atoms with E-state index < -0.39 is 5.91 Å². The van der Waals surface area contributed by atoms with E-state index >= 15 is 0 Å². The molecule has 0 saturated carbocycles. The summed E-state index contributed by atoms with van der Waals surface area (Å²) in [5.74, 6) is -0.787. The molecule has 3 N–H and O–H groups in total. The fraction of sp³-hybridized carbons (Fsp3) is 0.286. The summed E-state index contributed by atoms with van der Waals surface area (Å²) in [5.41, 5.74) is 9.38. The molecule has 2 heterocycles. The number of amides is 1. The maximum Gasteiger partial charge on any atom is 0.267 e. The van der Waals surface area contributed by atoms with E-state index in [4.69, 9.17) is 5.21 Å². The first-order valence-corrected chi connectivity index (χ1v) is 12.1. The number of benzene rings is 2. The quantitative estimate of drug-likeness (QED) is 0.193. The largest absolute Gasteiger partial charge is 0.361 e. The number of aromatic nitrogens is 3. The van der Waals surface area contributed by atoms with Crippen LogP contribution in [-0.4, -0.2) is 37.3 Å². The third kappa shape index (κ3) is 4.96. The van der Waals surface area contributed by atoms with E-state index in [-0.39, 0.29) is 11.9 Å². The number of H-pyrrole nitrogens is 1. The van der Waals surface area contributed by atoms with Gasteiger partial charge in [-0.3, -0.25) is 19.6 Å². The highest BCUT2D eigenvalue weighted by Crippen LogP contribution is 2.38. The predicted molar refractivity (Wildman–Crippen MR) is 137 cm³/mol. The first-order valence-electron chi connectivity index (χ1n) is 12.1. The molecule has 1 aliphatic rings. The van der Waals surface area contributed by atoms with E-state index in [2.05, 4.69) is 33.3 Å².